The van der Waals surface area contributed by atoms with Crippen LogP contribution in [0, 0.1) is 0 Å². The van der Waals surface area contributed by atoms with Crippen molar-refractivity contribution in [2.45, 2.75) is 0 Å². The maximum absolute atomic E-state index is 8.60. The monoisotopic (exact) mass is 450 g/mol. The number of hydrogen-bond donors (Lipinski definition) is 0. The van der Waals surface area contributed by atoms with Gasteiger partial charge in [-0.15, -0.1) is 0 Å². The molecule has 33 heavy (non-hydrogen) atoms. The van der Waals surface area contributed by atoms with Gasteiger partial charge in [0.1, 0.15) is 11.2 Å². The van der Waals surface area contributed by atoms with Crippen LogP contribution in [0.15, 0.2) is 95.3 Å². The van der Waals surface area contributed by atoms with Crippen molar-refractivity contribution in [3.05, 3.63) is 96.2 Å². The molecule has 0 spiro atoms. The van der Waals surface area contributed by atoms with E-state index < -0.39 is 0 Å². The maximum Gasteiger partial charge on any atom is 0.239 e. The Kier molecular flexibility index (Phi) is 3.08. The zero-order valence-electron chi connectivity index (χ0n) is 20.9. The second-order valence-corrected chi connectivity index (χ2v) is 7.93. The number of hydrogen-bond acceptors (Lipinski definition) is 4. The van der Waals surface area contributed by atoms with Crippen LogP contribution >= 0.6 is 11.6 Å². The van der Waals surface area contributed by atoms with Crippen LogP contribution in [0.1, 0.15) is 5.48 Å². The lowest BCUT2D eigenvalue weighted by atomic mass is 10.1. The largest absolute Gasteiger partial charge is 0.456 e. The Labute approximate surface area is 198 Å². The molecule has 156 valence electrons. The number of nitrogens with zero attached hydrogens (tertiary/aromatic N) is 4. The predicted octanol–water partition coefficient (Wildman–Crippen LogP) is 7.19. The second kappa shape index (κ2) is 6.89. The Hall–Kier alpha value is -4.22. The molecule has 0 atom stereocenters. The van der Waals surface area contributed by atoms with Gasteiger partial charge in [0.05, 0.1) is 16.5 Å². The molecular formula is C27H15ClN4O. The highest BCUT2D eigenvalue weighted by Crippen LogP contribution is 2.33. The molecule has 0 aliphatic rings. The number of para-hydroxylation sites is 3. The average molecular weight is 451 g/mol. The highest BCUT2D eigenvalue weighted by atomic mass is 35.5. The van der Waals surface area contributed by atoms with Crippen LogP contribution in [0.25, 0.3) is 61.1 Å². The first kappa shape index (κ1) is 14.8. The molecule has 4 aromatic carbocycles. The Morgan fingerprint density at radius 1 is 0.727 bits per heavy atom. The maximum atomic E-state index is 8.60. The van der Waals surface area contributed by atoms with Gasteiger partial charge in [-0.3, -0.25) is 4.57 Å². The normalized spacial score (nSPS) is 13.5. The predicted molar refractivity (Wildman–Crippen MR) is 132 cm³/mol. The van der Waals surface area contributed by atoms with Crippen LogP contribution < -0.4 is 0 Å². The SMILES string of the molecule is [2H]c1cc([2H])c2c(c1)c1cc([2H])cc([2H])c1n2-c1nc(Cl)nc(-c2ccc3c(c2)oc2ccccc23)n1. The summed E-state index contributed by atoms with van der Waals surface area (Å²) in [7, 11) is 0. The lowest BCUT2D eigenvalue weighted by Crippen LogP contribution is -2.04. The van der Waals surface area contributed by atoms with Gasteiger partial charge < -0.3 is 4.42 Å². The van der Waals surface area contributed by atoms with E-state index in [0.29, 0.717) is 38.8 Å². The number of rotatable bonds is 2. The zero-order valence-corrected chi connectivity index (χ0v) is 17.7. The molecule has 0 unspecified atom stereocenters. The minimum absolute atomic E-state index is 0.0491. The minimum Gasteiger partial charge on any atom is -0.456 e. The van der Waals surface area contributed by atoms with Crippen LogP contribution in [-0.2, 0) is 0 Å². The van der Waals surface area contributed by atoms with Crippen molar-refractivity contribution in [1.82, 2.24) is 19.5 Å². The molecule has 6 heteroatoms. The lowest BCUT2D eigenvalue weighted by Gasteiger charge is -2.08. The fourth-order valence-electron chi connectivity index (χ4n) is 4.29. The van der Waals surface area contributed by atoms with Gasteiger partial charge in [-0.1, -0.05) is 60.6 Å². The number of aromatic nitrogens is 4. The first-order valence-corrected chi connectivity index (χ1v) is 10.6. The van der Waals surface area contributed by atoms with Crippen molar-refractivity contribution in [1.29, 1.82) is 0 Å². The van der Waals surface area contributed by atoms with Crippen LogP contribution in [0.5, 0.6) is 0 Å². The Morgan fingerprint density at radius 3 is 2.24 bits per heavy atom. The van der Waals surface area contributed by atoms with E-state index in [4.69, 9.17) is 21.5 Å². The molecule has 0 bridgehead atoms. The number of fused-ring (bicyclic) bond motifs is 6. The summed E-state index contributed by atoms with van der Waals surface area (Å²) in [4.78, 5) is 13.4. The van der Waals surface area contributed by atoms with Gasteiger partial charge in [0.2, 0.25) is 11.2 Å². The van der Waals surface area contributed by atoms with Gasteiger partial charge >= 0.3 is 0 Å². The second-order valence-electron chi connectivity index (χ2n) is 7.60. The van der Waals surface area contributed by atoms with Crippen molar-refractivity contribution >= 4 is 55.3 Å². The van der Waals surface area contributed by atoms with Crippen LogP contribution in [0.4, 0.5) is 0 Å². The first-order valence-electron chi connectivity index (χ1n) is 12.2. The summed E-state index contributed by atoms with van der Waals surface area (Å²) in [6.45, 7) is 0. The molecule has 0 amide bonds. The van der Waals surface area contributed by atoms with E-state index in [0.717, 1.165) is 16.4 Å². The van der Waals surface area contributed by atoms with E-state index in [9.17, 15) is 0 Å². The molecule has 7 rings (SSSR count). The van der Waals surface area contributed by atoms with E-state index in [1.165, 1.54) is 12.1 Å². The summed E-state index contributed by atoms with van der Waals surface area (Å²) in [5.74, 6) is 0.441. The fourth-order valence-corrected chi connectivity index (χ4v) is 4.44. The van der Waals surface area contributed by atoms with E-state index in [1.54, 1.807) is 16.7 Å². The fraction of sp³-hybridized carbons (Fsp3) is 0. The van der Waals surface area contributed by atoms with E-state index >= 15 is 0 Å². The zero-order chi connectivity index (χ0) is 25.4. The van der Waals surface area contributed by atoms with Crippen molar-refractivity contribution in [3.63, 3.8) is 0 Å². The van der Waals surface area contributed by atoms with Gasteiger partial charge in [0.15, 0.2) is 5.82 Å². The molecule has 5 nitrogen and oxygen atoms in total. The molecule has 0 aliphatic heterocycles. The molecule has 3 aromatic heterocycles. The summed E-state index contributed by atoms with van der Waals surface area (Å²) in [5, 5.41) is 3.06. The topological polar surface area (TPSA) is 56.7 Å². The third kappa shape index (κ3) is 2.76. The molecule has 3 heterocycles. The van der Waals surface area contributed by atoms with Crippen LogP contribution in [0.2, 0.25) is 5.28 Å². The van der Waals surface area contributed by atoms with Gasteiger partial charge in [-0.05, 0) is 41.9 Å². The molecule has 0 radical (unpaired) electrons. The number of halogens is 1. The summed E-state index contributed by atoms with van der Waals surface area (Å²) in [5.41, 5.74) is 2.97. The highest BCUT2D eigenvalue weighted by molar-refractivity contribution is 6.28. The molecule has 0 N–H and O–H groups in total. The molecule has 7 aromatic rings. The van der Waals surface area contributed by atoms with Crippen molar-refractivity contribution in [2.24, 2.45) is 0 Å². The molecular weight excluding hydrogens is 432 g/mol. The standard InChI is InChI=1S/C27H15ClN4O/c28-26-29-25(16-13-14-20-19-9-3-6-12-23(19)33-24(20)15-16)30-27(31-26)32-21-10-4-1-7-17(21)18-8-2-5-11-22(18)32/h1-15H/i1D,2D,10D,11D. The number of benzene rings is 4. The summed E-state index contributed by atoms with van der Waals surface area (Å²) >= 11 is 6.38. The van der Waals surface area contributed by atoms with Crippen molar-refractivity contribution in [3.8, 4) is 17.3 Å². The van der Waals surface area contributed by atoms with E-state index in [1.807, 2.05) is 42.5 Å². The number of furan rings is 1. The summed E-state index contributed by atoms with van der Waals surface area (Å²) in [6, 6.07) is 20.0. The lowest BCUT2D eigenvalue weighted by molar-refractivity contribution is 0.669. The van der Waals surface area contributed by atoms with E-state index in [-0.39, 0.29) is 35.4 Å². The van der Waals surface area contributed by atoms with Gasteiger partial charge in [-0.25, -0.2) is 0 Å². The van der Waals surface area contributed by atoms with Gasteiger partial charge in [-0.2, -0.15) is 15.0 Å². The summed E-state index contributed by atoms with van der Waals surface area (Å²) < 4.78 is 41.0. The molecule has 0 aliphatic carbocycles. The summed E-state index contributed by atoms with van der Waals surface area (Å²) in [6.07, 6.45) is 0. The third-order valence-electron chi connectivity index (χ3n) is 5.72. The Balaban J connectivity index is 1.51. The van der Waals surface area contributed by atoms with Crippen LogP contribution in [0.3, 0.4) is 0 Å². The van der Waals surface area contributed by atoms with Gasteiger partial charge in [0, 0.05) is 27.1 Å². The van der Waals surface area contributed by atoms with Crippen molar-refractivity contribution < 1.29 is 9.90 Å². The van der Waals surface area contributed by atoms with Crippen molar-refractivity contribution in [2.75, 3.05) is 0 Å². The van der Waals surface area contributed by atoms with Gasteiger partial charge in [0.25, 0.3) is 0 Å². The average Bonchev–Trinajstić information content (AvgIpc) is 3.39. The third-order valence-corrected chi connectivity index (χ3v) is 5.89. The van der Waals surface area contributed by atoms with Crippen LogP contribution in [-0.4, -0.2) is 19.5 Å². The smallest absolute Gasteiger partial charge is 0.239 e. The quantitative estimate of drug-likeness (QED) is 0.279. The molecule has 0 saturated carbocycles. The van der Waals surface area contributed by atoms with E-state index in [2.05, 4.69) is 15.0 Å². The minimum atomic E-state index is -0.0491. The highest BCUT2D eigenvalue weighted by Gasteiger charge is 2.17. The molecule has 0 saturated heterocycles. The Bertz CT molecular complexity index is 2000. The first-order chi connectivity index (χ1) is 17.9. The Morgan fingerprint density at radius 2 is 1.45 bits per heavy atom. The molecule has 0 fully saturated rings.